The highest BCUT2D eigenvalue weighted by atomic mass is 14.9. The van der Waals surface area contributed by atoms with E-state index in [-0.39, 0.29) is 0 Å². The molecular weight excluding hydrogens is 857 g/mol. The molecule has 2 nitrogen and oxygen atoms in total. The molecule has 1 spiro atoms. The second-order valence-corrected chi connectivity index (χ2v) is 19.4. The van der Waals surface area contributed by atoms with Crippen LogP contribution in [0.4, 0.5) is 0 Å². The molecule has 3 aliphatic carbocycles. The molecule has 0 aliphatic heterocycles. The molecule has 2 heteroatoms. The molecule has 0 unspecified atom stereocenters. The van der Waals surface area contributed by atoms with Crippen LogP contribution < -0.4 is 0 Å². The minimum absolute atomic E-state index is 0.497. The molecule has 71 heavy (non-hydrogen) atoms. The average Bonchev–Trinajstić information content (AvgIpc) is 3.92. The van der Waals surface area contributed by atoms with Gasteiger partial charge in [-0.3, -0.25) is 0 Å². The Hall–Kier alpha value is -8.98. The number of allylic oxidation sites excluding steroid dienone is 4. The molecule has 0 saturated carbocycles. The Morgan fingerprint density at radius 3 is 1.56 bits per heavy atom. The maximum atomic E-state index is 5.50. The zero-order valence-electron chi connectivity index (χ0n) is 38.9. The number of hydrogen-bond acceptors (Lipinski definition) is 2. The van der Waals surface area contributed by atoms with Crippen molar-refractivity contribution in [1.29, 1.82) is 0 Å². The fourth-order valence-electron chi connectivity index (χ4n) is 12.8. The largest absolute Gasteiger partial charge is 0.228 e. The third-order valence-corrected chi connectivity index (χ3v) is 15.8. The van der Waals surface area contributed by atoms with Crippen LogP contribution in [-0.2, 0) is 5.41 Å². The van der Waals surface area contributed by atoms with E-state index in [1.54, 1.807) is 0 Å². The van der Waals surface area contributed by atoms with Gasteiger partial charge in [-0.1, -0.05) is 231 Å². The van der Waals surface area contributed by atoms with E-state index in [4.69, 9.17) is 9.97 Å². The number of hydrogen-bond donors (Lipinski definition) is 0. The molecule has 0 fully saturated rings. The number of benzene rings is 11. The molecule has 3 aliphatic rings. The standard InChI is InChI=1S/C69H44N2/c1-2-18-46(19-3-1)68-70-64(42-65(71-68)59-29-16-28-58-55-27-12-15-32-63(55)69(67(58)59)61-30-13-10-25-53(61)54-26-11-14-31-62(54)69)45-35-33-44(34-36-45)49-39-40-56(52-24-9-8-23-51(49)52)66-50-22-7-5-20-47(50)41-60-48-21-6-4-17-43(48)37-38-57(60)66/h1-33,35,37-42H,34,36H2. The SMILES string of the molecule is C1=C(c2cc(-c3cccc4c3C3(c5ccccc5-c5ccccc53)c3ccccc3-4)nc(-c3ccccc3)n2)CCC(c2ccc(-c3c4ccccc4cc4c3ccc3ccccc34)c3ccccc23)=C1. The molecule has 0 N–H and O–H groups in total. The van der Waals surface area contributed by atoms with Gasteiger partial charge in [-0.25, -0.2) is 9.97 Å². The van der Waals surface area contributed by atoms with Gasteiger partial charge >= 0.3 is 0 Å². The fraction of sp³-hybridized carbons (Fsp3) is 0.0435. The Kier molecular flexibility index (Phi) is 8.73. The van der Waals surface area contributed by atoms with Gasteiger partial charge < -0.3 is 0 Å². The molecule has 11 aromatic carbocycles. The van der Waals surface area contributed by atoms with E-state index in [0.29, 0.717) is 0 Å². The summed E-state index contributed by atoms with van der Waals surface area (Å²) in [6.07, 6.45) is 6.42. The van der Waals surface area contributed by atoms with Crippen LogP contribution in [0.5, 0.6) is 0 Å². The van der Waals surface area contributed by atoms with Crippen LogP contribution in [0.2, 0.25) is 0 Å². The lowest BCUT2D eigenvalue weighted by molar-refractivity contribution is 0.795. The molecule has 12 aromatic rings. The Bertz CT molecular complexity index is 4220. The van der Waals surface area contributed by atoms with Crippen LogP contribution in [0, 0.1) is 0 Å². The van der Waals surface area contributed by atoms with E-state index in [2.05, 4.69) is 243 Å². The van der Waals surface area contributed by atoms with Crippen molar-refractivity contribution in [3.05, 3.63) is 276 Å². The van der Waals surface area contributed by atoms with Crippen molar-refractivity contribution in [2.45, 2.75) is 18.3 Å². The molecule has 1 heterocycles. The van der Waals surface area contributed by atoms with E-state index >= 15 is 0 Å². The number of rotatable bonds is 5. The maximum absolute atomic E-state index is 5.50. The first-order chi connectivity index (χ1) is 35.2. The van der Waals surface area contributed by atoms with Crippen molar-refractivity contribution < 1.29 is 0 Å². The highest BCUT2D eigenvalue weighted by Crippen LogP contribution is 2.64. The van der Waals surface area contributed by atoms with Crippen molar-refractivity contribution in [1.82, 2.24) is 9.97 Å². The Labute approximate surface area is 412 Å². The van der Waals surface area contributed by atoms with Gasteiger partial charge in [0.05, 0.1) is 16.8 Å². The summed E-state index contributed by atoms with van der Waals surface area (Å²) in [7, 11) is 0. The maximum Gasteiger partial charge on any atom is 0.160 e. The molecule has 15 rings (SSSR count). The smallest absolute Gasteiger partial charge is 0.160 e. The first kappa shape index (κ1) is 40.0. The van der Waals surface area contributed by atoms with Gasteiger partial charge in [-0.15, -0.1) is 0 Å². The van der Waals surface area contributed by atoms with E-state index < -0.39 is 5.41 Å². The molecular formula is C69H44N2. The van der Waals surface area contributed by atoms with Crippen molar-refractivity contribution in [3.63, 3.8) is 0 Å². The summed E-state index contributed by atoms with van der Waals surface area (Å²) < 4.78 is 0. The fourth-order valence-corrected chi connectivity index (χ4v) is 12.8. The molecule has 0 bridgehead atoms. The monoisotopic (exact) mass is 900 g/mol. The first-order valence-corrected chi connectivity index (χ1v) is 24.9. The van der Waals surface area contributed by atoms with Crippen LogP contribution >= 0.6 is 0 Å². The lowest BCUT2D eigenvalue weighted by atomic mass is 9.69. The molecule has 0 saturated heterocycles. The molecule has 330 valence electrons. The minimum Gasteiger partial charge on any atom is -0.228 e. The second kappa shape index (κ2) is 15.5. The van der Waals surface area contributed by atoms with E-state index in [9.17, 15) is 0 Å². The van der Waals surface area contributed by atoms with Gasteiger partial charge in [0.25, 0.3) is 0 Å². The predicted octanol–water partition coefficient (Wildman–Crippen LogP) is 17.7. The summed E-state index contributed by atoms with van der Waals surface area (Å²) in [6, 6.07) is 85.0. The van der Waals surface area contributed by atoms with Crippen LogP contribution in [0.3, 0.4) is 0 Å². The normalized spacial score (nSPS) is 14.1. The minimum atomic E-state index is -0.497. The van der Waals surface area contributed by atoms with Crippen LogP contribution in [0.1, 0.15) is 46.4 Å². The lowest BCUT2D eigenvalue weighted by Crippen LogP contribution is -2.26. The molecule has 0 atom stereocenters. The van der Waals surface area contributed by atoms with Gasteiger partial charge in [0.2, 0.25) is 0 Å². The molecule has 0 amide bonds. The lowest BCUT2D eigenvalue weighted by Gasteiger charge is -2.32. The van der Waals surface area contributed by atoms with Crippen LogP contribution in [-0.4, -0.2) is 9.97 Å². The Balaban J connectivity index is 0.887. The summed E-state index contributed by atoms with van der Waals surface area (Å²) >= 11 is 0. The van der Waals surface area contributed by atoms with Crippen molar-refractivity contribution in [2.75, 3.05) is 0 Å². The number of fused-ring (bicyclic) bond motifs is 15. The predicted molar refractivity (Wildman–Crippen MR) is 296 cm³/mol. The van der Waals surface area contributed by atoms with E-state index in [1.165, 1.54) is 115 Å². The zero-order valence-corrected chi connectivity index (χ0v) is 38.9. The van der Waals surface area contributed by atoms with Gasteiger partial charge in [0.1, 0.15) is 0 Å². The van der Waals surface area contributed by atoms with Gasteiger partial charge in [-0.2, -0.15) is 0 Å². The van der Waals surface area contributed by atoms with Gasteiger partial charge in [0.15, 0.2) is 5.82 Å². The van der Waals surface area contributed by atoms with E-state index in [0.717, 1.165) is 41.2 Å². The van der Waals surface area contributed by atoms with E-state index in [1.807, 2.05) is 0 Å². The Morgan fingerprint density at radius 1 is 0.310 bits per heavy atom. The summed E-state index contributed by atoms with van der Waals surface area (Å²) in [4.78, 5) is 10.9. The summed E-state index contributed by atoms with van der Waals surface area (Å²) in [5.74, 6) is 0.735. The van der Waals surface area contributed by atoms with Gasteiger partial charge in [0, 0.05) is 11.1 Å². The second-order valence-electron chi connectivity index (χ2n) is 19.4. The van der Waals surface area contributed by atoms with Crippen LogP contribution in [0.25, 0.3) is 110 Å². The number of aromatic nitrogens is 2. The first-order valence-electron chi connectivity index (χ1n) is 24.9. The quantitative estimate of drug-likeness (QED) is 0.127. The number of nitrogens with zero attached hydrogens (tertiary/aromatic N) is 2. The third-order valence-electron chi connectivity index (χ3n) is 15.8. The highest BCUT2D eigenvalue weighted by molar-refractivity contribution is 6.22. The summed E-state index contributed by atoms with van der Waals surface area (Å²) in [5, 5.41) is 10.2. The average molecular weight is 901 g/mol. The van der Waals surface area contributed by atoms with Gasteiger partial charge in [-0.05, 0) is 140 Å². The third kappa shape index (κ3) is 5.83. The highest BCUT2D eigenvalue weighted by Gasteiger charge is 2.52. The Morgan fingerprint density at radius 2 is 0.845 bits per heavy atom. The van der Waals surface area contributed by atoms with Crippen molar-refractivity contribution >= 4 is 54.2 Å². The van der Waals surface area contributed by atoms with Crippen molar-refractivity contribution in [3.8, 4) is 56.0 Å². The molecule has 0 radical (unpaired) electrons. The zero-order chi connectivity index (χ0) is 46.6. The van der Waals surface area contributed by atoms with Crippen LogP contribution in [0.15, 0.2) is 243 Å². The van der Waals surface area contributed by atoms with Crippen molar-refractivity contribution in [2.24, 2.45) is 0 Å². The summed E-state index contributed by atoms with van der Waals surface area (Å²) in [6.45, 7) is 0. The summed E-state index contributed by atoms with van der Waals surface area (Å²) in [5.41, 5.74) is 20.3. The topological polar surface area (TPSA) is 25.8 Å². The molecule has 1 aromatic heterocycles.